The van der Waals surface area contributed by atoms with Crippen LogP contribution in [0.2, 0.25) is 0 Å². The van der Waals surface area contributed by atoms with E-state index in [0.717, 1.165) is 17.1 Å². The first-order chi connectivity index (χ1) is 31.7. The van der Waals surface area contributed by atoms with Crippen molar-refractivity contribution in [2.75, 3.05) is 4.90 Å². The summed E-state index contributed by atoms with van der Waals surface area (Å²) in [6, 6.07) is 92.7. The molecule has 1 heterocycles. The van der Waals surface area contributed by atoms with E-state index in [4.69, 9.17) is 0 Å². The Morgan fingerprint density at radius 2 is 0.781 bits per heavy atom. The van der Waals surface area contributed by atoms with E-state index in [1.807, 2.05) is 11.3 Å². The van der Waals surface area contributed by atoms with Gasteiger partial charge in [-0.15, -0.1) is 11.3 Å². The van der Waals surface area contributed by atoms with Crippen LogP contribution in [0.4, 0.5) is 17.1 Å². The lowest BCUT2D eigenvalue weighted by molar-refractivity contribution is 0.626. The highest BCUT2D eigenvalue weighted by Gasteiger charge is 2.57. The second-order valence-electron chi connectivity index (χ2n) is 17.1. The van der Waals surface area contributed by atoms with Crippen molar-refractivity contribution in [3.8, 4) is 22.3 Å². The molecular weight excluding hydrogens is 791 g/mol. The Labute approximate surface area is 377 Å². The molecule has 0 spiro atoms. The third kappa shape index (κ3) is 5.18. The molecule has 2 atom stereocenters. The second-order valence-corrected chi connectivity index (χ2v) is 18.2. The minimum Gasteiger partial charge on any atom is -0.311 e. The first-order valence-electron chi connectivity index (χ1n) is 22.2. The van der Waals surface area contributed by atoms with Crippen LogP contribution in [0.3, 0.4) is 0 Å². The Balaban J connectivity index is 0.988. The molecule has 1 aromatic heterocycles. The standard InChI is InChI=1S/C62H41NS/c1-4-17-44(18-5-1)61(55-27-13-14-28-56(55)62(45-19-6-2-7-20-45)54-26-12-10-23-50(54)52-25-16-29-57(61)60(52)62)46-34-38-49(39-35-46)63(47-21-8-3-9-22-47)48-36-31-42(32-37-48)43-33-40-59-53(41-43)51-24-11-15-30-58(51)64-59/h1-41H. The number of anilines is 3. The molecule has 13 rings (SSSR count). The summed E-state index contributed by atoms with van der Waals surface area (Å²) in [6.07, 6.45) is 0. The summed E-state index contributed by atoms with van der Waals surface area (Å²) in [5.41, 5.74) is 17.8. The summed E-state index contributed by atoms with van der Waals surface area (Å²) in [6.45, 7) is 0. The van der Waals surface area contributed by atoms with Crippen LogP contribution in [-0.2, 0) is 10.8 Å². The minimum absolute atomic E-state index is 0.474. The highest BCUT2D eigenvalue weighted by molar-refractivity contribution is 7.25. The van der Waals surface area contributed by atoms with E-state index in [-0.39, 0.29) is 0 Å². The largest absolute Gasteiger partial charge is 0.311 e. The zero-order valence-corrected chi connectivity index (χ0v) is 35.8. The topological polar surface area (TPSA) is 3.24 Å². The molecule has 1 nitrogen and oxygen atoms in total. The van der Waals surface area contributed by atoms with Crippen molar-refractivity contribution in [2.24, 2.45) is 0 Å². The first kappa shape index (κ1) is 36.8. The van der Waals surface area contributed by atoms with Crippen molar-refractivity contribution in [1.82, 2.24) is 0 Å². The number of hydrogen-bond donors (Lipinski definition) is 0. The van der Waals surface area contributed by atoms with Crippen molar-refractivity contribution < 1.29 is 0 Å². The van der Waals surface area contributed by atoms with E-state index in [9.17, 15) is 0 Å². The number of thiophene rings is 1. The summed E-state index contributed by atoms with van der Waals surface area (Å²) in [5.74, 6) is 0. The Hall–Kier alpha value is -7.78. The van der Waals surface area contributed by atoms with E-state index in [0.29, 0.717) is 0 Å². The molecule has 2 unspecified atom stereocenters. The van der Waals surface area contributed by atoms with Crippen LogP contribution in [0.25, 0.3) is 42.4 Å². The fraction of sp³-hybridized carbons (Fsp3) is 0.0323. The molecule has 0 aliphatic heterocycles. The summed E-state index contributed by atoms with van der Waals surface area (Å²) in [5, 5.41) is 2.64. The number of para-hydroxylation sites is 1. The minimum atomic E-state index is -0.601. The molecule has 0 N–H and O–H groups in total. The van der Waals surface area contributed by atoms with E-state index >= 15 is 0 Å². The zero-order valence-electron chi connectivity index (χ0n) is 35.0. The summed E-state index contributed by atoms with van der Waals surface area (Å²) >= 11 is 1.86. The lowest BCUT2D eigenvalue weighted by Gasteiger charge is -2.49. The smallest absolute Gasteiger partial charge is 0.0720 e. The monoisotopic (exact) mass is 831 g/mol. The molecule has 0 radical (unpaired) electrons. The second kappa shape index (κ2) is 14.4. The van der Waals surface area contributed by atoms with Gasteiger partial charge in [0.2, 0.25) is 0 Å². The number of rotatable bonds is 7. The Morgan fingerprint density at radius 1 is 0.297 bits per heavy atom. The summed E-state index contributed by atoms with van der Waals surface area (Å²) in [4.78, 5) is 2.38. The summed E-state index contributed by atoms with van der Waals surface area (Å²) < 4.78 is 2.65. The Bertz CT molecular complexity index is 3540. The maximum absolute atomic E-state index is 2.41. The molecule has 300 valence electrons. The molecule has 0 amide bonds. The number of nitrogens with zero attached hydrogens (tertiary/aromatic N) is 1. The van der Waals surface area contributed by atoms with Gasteiger partial charge in [0.15, 0.2) is 0 Å². The molecule has 2 aliphatic rings. The highest BCUT2D eigenvalue weighted by atomic mass is 32.1. The van der Waals surface area contributed by atoms with Gasteiger partial charge in [-0.25, -0.2) is 0 Å². The van der Waals surface area contributed by atoms with Gasteiger partial charge < -0.3 is 4.90 Å². The van der Waals surface area contributed by atoms with E-state index in [2.05, 4.69) is 254 Å². The summed E-state index contributed by atoms with van der Waals surface area (Å²) in [7, 11) is 0. The van der Waals surface area contributed by atoms with Crippen LogP contribution in [0.1, 0.15) is 44.5 Å². The van der Waals surface area contributed by atoms with Crippen molar-refractivity contribution in [3.63, 3.8) is 0 Å². The van der Waals surface area contributed by atoms with E-state index in [1.54, 1.807) is 0 Å². The van der Waals surface area contributed by atoms with Gasteiger partial charge in [-0.05, 0) is 121 Å². The van der Waals surface area contributed by atoms with Crippen molar-refractivity contribution in [3.05, 3.63) is 293 Å². The lowest BCUT2D eigenvalue weighted by atomic mass is 9.52. The maximum atomic E-state index is 2.41. The van der Waals surface area contributed by atoms with E-state index < -0.39 is 10.8 Å². The Morgan fingerprint density at radius 3 is 1.50 bits per heavy atom. The third-order valence-electron chi connectivity index (χ3n) is 14.0. The van der Waals surface area contributed by atoms with Gasteiger partial charge in [0.25, 0.3) is 0 Å². The maximum Gasteiger partial charge on any atom is 0.0720 e. The van der Waals surface area contributed by atoms with Crippen LogP contribution in [-0.4, -0.2) is 0 Å². The van der Waals surface area contributed by atoms with Gasteiger partial charge in [-0.1, -0.05) is 194 Å². The molecule has 0 bridgehead atoms. The van der Waals surface area contributed by atoms with Crippen LogP contribution in [0.15, 0.2) is 249 Å². The third-order valence-corrected chi connectivity index (χ3v) is 15.2. The van der Waals surface area contributed by atoms with Gasteiger partial charge in [0, 0.05) is 37.2 Å². The molecule has 2 heteroatoms. The van der Waals surface area contributed by atoms with Gasteiger partial charge in [-0.3, -0.25) is 0 Å². The SMILES string of the molecule is c1ccc(N(c2ccc(-c3ccc4sc5ccccc5c4c3)cc2)c2ccc(C3(c4ccccc4)c4ccccc4C4(c5ccccc5)c5ccccc5-c5cccc3c54)cc2)cc1. The van der Waals surface area contributed by atoms with Crippen molar-refractivity contribution in [2.45, 2.75) is 10.8 Å². The van der Waals surface area contributed by atoms with E-state index in [1.165, 1.54) is 86.9 Å². The highest BCUT2D eigenvalue weighted by Crippen LogP contribution is 2.65. The van der Waals surface area contributed by atoms with Gasteiger partial charge in [-0.2, -0.15) is 0 Å². The predicted octanol–water partition coefficient (Wildman–Crippen LogP) is 16.3. The fourth-order valence-corrected chi connectivity index (χ4v) is 12.5. The fourth-order valence-electron chi connectivity index (χ4n) is 11.4. The number of fused-ring (bicyclic) bond motifs is 8. The molecule has 0 fully saturated rings. The predicted molar refractivity (Wildman–Crippen MR) is 269 cm³/mol. The van der Waals surface area contributed by atoms with Gasteiger partial charge in [0.05, 0.1) is 10.8 Å². The molecule has 11 aromatic rings. The molecule has 2 aliphatic carbocycles. The molecular formula is C62H41NS. The number of benzene rings is 10. The Kier molecular flexibility index (Phi) is 8.28. The first-order valence-corrected chi connectivity index (χ1v) is 23.0. The number of hydrogen-bond acceptors (Lipinski definition) is 2. The lowest BCUT2D eigenvalue weighted by Crippen LogP contribution is -2.44. The van der Waals surface area contributed by atoms with Gasteiger partial charge >= 0.3 is 0 Å². The molecule has 0 saturated heterocycles. The van der Waals surface area contributed by atoms with Gasteiger partial charge in [0.1, 0.15) is 0 Å². The average molecular weight is 832 g/mol. The molecule has 64 heavy (non-hydrogen) atoms. The van der Waals surface area contributed by atoms with Crippen LogP contribution in [0.5, 0.6) is 0 Å². The van der Waals surface area contributed by atoms with Crippen LogP contribution >= 0.6 is 11.3 Å². The van der Waals surface area contributed by atoms with Crippen molar-refractivity contribution >= 4 is 48.6 Å². The van der Waals surface area contributed by atoms with Crippen LogP contribution < -0.4 is 4.90 Å². The normalized spacial score (nSPS) is 16.9. The zero-order chi connectivity index (χ0) is 42.2. The van der Waals surface area contributed by atoms with Crippen LogP contribution in [0, 0.1) is 0 Å². The van der Waals surface area contributed by atoms with Crippen molar-refractivity contribution in [1.29, 1.82) is 0 Å². The molecule has 10 aromatic carbocycles. The quantitative estimate of drug-likeness (QED) is 0.155. The molecule has 0 saturated carbocycles. The average Bonchev–Trinajstić information content (AvgIpc) is 3.90.